The molecule has 6 nitrogen and oxygen atoms in total. The van der Waals surface area contributed by atoms with E-state index < -0.39 is 15.9 Å². The average molecular weight is 297 g/mol. The predicted molar refractivity (Wildman–Crippen MR) is 70.0 cm³/mol. The average Bonchev–Trinajstić information content (AvgIpc) is 2.90. The summed E-state index contributed by atoms with van der Waals surface area (Å²) in [5.41, 5.74) is 0.816. The third kappa shape index (κ3) is 2.21. The summed E-state index contributed by atoms with van der Waals surface area (Å²) < 4.78 is 34.5. The lowest BCUT2D eigenvalue weighted by molar-refractivity contribution is -0.120. The van der Waals surface area contributed by atoms with Gasteiger partial charge in [-0.3, -0.25) is 4.79 Å². The summed E-state index contributed by atoms with van der Waals surface area (Å²) in [6.07, 6.45) is 0.740. The summed E-state index contributed by atoms with van der Waals surface area (Å²) in [5.74, 6) is -0.373. The number of amides is 1. The third-order valence-corrected chi connectivity index (χ3v) is 5.14. The zero-order valence-electron chi connectivity index (χ0n) is 10.0. The highest BCUT2D eigenvalue weighted by Crippen LogP contribution is 2.38. The first-order valence-electron chi connectivity index (χ1n) is 5.77. The third-order valence-electron chi connectivity index (χ3n) is 3.22. The smallest absolute Gasteiger partial charge is 0.266 e. The molecule has 1 amide bonds. The van der Waals surface area contributed by atoms with Gasteiger partial charge in [-0.25, -0.2) is 13.1 Å². The molecule has 1 N–H and O–H groups in total. The normalized spacial score (nSPS) is 22.4. The number of hydrogen-bond donors (Lipinski definition) is 1. The quantitative estimate of drug-likeness (QED) is 0.918. The fourth-order valence-electron chi connectivity index (χ4n) is 1.95. The highest BCUT2D eigenvalue weighted by molar-refractivity contribution is 7.90. The molecular formula is C11H11N3O3S2. The molecule has 0 radical (unpaired) electrons. The van der Waals surface area contributed by atoms with E-state index in [2.05, 4.69) is 13.5 Å². The number of aromatic nitrogens is 2. The summed E-state index contributed by atoms with van der Waals surface area (Å²) >= 11 is 0.944. The first-order chi connectivity index (χ1) is 8.99. The van der Waals surface area contributed by atoms with Crippen LogP contribution >= 0.6 is 11.7 Å². The lowest BCUT2D eigenvalue weighted by atomic mass is 10.3. The molecule has 8 heteroatoms. The molecule has 0 unspecified atom stereocenters. The van der Waals surface area contributed by atoms with Crippen molar-refractivity contribution in [2.45, 2.75) is 18.2 Å². The van der Waals surface area contributed by atoms with E-state index in [0.29, 0.717) is 11.0 Å². The lowest BCUT2D eigenvalue weighted by Gasteiger charge is -2.06. The van der Waals surface area contributed by atoms with Crippen molar-refractivity contribution in [3.8, 4) is 0 Å². The SMILES string of the molecule is C[C@@H]1C[C@@H]1C(=O)NS(=O)(=O)c1cccc2nsnc12. The van der Waals surface area contributed by atoms with Gasteiger partial charge in [0, 0.05) is 5.92 Å². The van der Waals surface area contributed by atoms with E-state index >= 15 is 0 Å². The van der Waals surface area contributed by atoms with E-state index in [4.69, 9.17) is 0 Å². The summed E-state index contributed by atoms with van der Waals surface area (Å²) in [6.45, 7) is 1.92. The van der Waals surface area contributed by atoms with E-state index in [1.54, 1.807) is 12.1 Å². The summed E-state index contributed by atoms with van der Waals surface area (Å²) in [5, 5.41) is 0. The van der Waals surface area contributed by atoms with Gasteiger partial charge in [0.25, 0.3) is 10.0 Å². The monoisotopic (exact) mass is 297 g/mol. The molecule has 1 fully saturated rings. The van der Waals surface area contributed by atoms with E-state index in [-0.39, 0.29) is 16.7 Å². The van der Waals surface area contributed by atoms with Gasteiger partial charge in [-0.15, -0.1) is 0 Å². The number of sulfonamides is 1. The Kier molecular flexibility index (Phi) is 2.79. The Labute approximate surface area is 114 Å². The van der Waals surface area contributed by atoms with Gasteiger partial charge < -0.3 is 0 Å². The molecule has 1 heterocycles. The number of rotatable bonds is 3. The Morgan fingerprint density at radius 2 is 2.16 bits per heavy atom. The Hall–Kier alpha value is -1.54. The number of nitrogens with zero attached hydrogens (tertiary/aromatic N) is 2. The predicted octanol–water partition coefficient (Wildman–Crippen LogP) is 1.15. The molecule has 1 aromatic heterocycles. The van der Waals surface area contributed by atoms with Gasteiger partial charge in [0.1, 0.15) is 15.9 Å². The first kappa shape index (κ1) is 12.5. The number of carbonyl (C=O) groups excluding carboxylic acids is 1. The van der Waals surface area contributed by atoms with Crippen molar-refractivity contribution in [1.82, 2.24) is 13.5 Å². The maximum atomic E-state index is 12.2. The molecule has 0 saturated heterocycles. The van der Waals surface area contributed by atoms with Crippen LogP contribution in [0.2, 0.25) is 0 Å². The van der Waals surface area contributed by atoms with Crippen LogP contribution in [0.3, 0.4) is 0 Å². The van der Waals surface area contributed by atoms with Gasteiger partial charge in [-0.05, 0) is 24.5 Å². The summed E-state index contributed by atoms with van der Waals surface area (Å²) in [4.78, 5) is 11.8. The molecule has 0 bridgehead atoms. The Morgan fingerprint density at radius 1 is 1.42 bits per heavy atom. The number of hydrogen-bond acceptors (Lipinski definition) is 6. The van der Waals surface area contributed by atoms with Gasteiger partial charge >= 0.3 is 0 Å². The molecule has 0 spiro atoms. The van der Waals surface area contributed by atoms with Crippen LogP contribution in [0.15, 0.2) is 23.1 Å². The van der Waals surface area contributed by atoms with Crippen molar-refractivity contribution in [2.24, 2.45) is 11.8 Å². The molecular weight excluding hydrogens is 286 g/mol. The van der Waals surface area contributed by atoms with E-state index in [1.807, 2.05) is 6.92 Å². The molecule has 3 rings (SSSR count). The van der Waals surface area contributed by atoms with Gasteiger partial charge in [-0.2, -0.15) is 8.75 Å². The van der Waals surface area contributed by atoms with Crippen molar-refractivity contribution in [3.63, 3.8) is 0 Å². The Morgan fingerprint density at radius 3 is 2.84 bits per heavy atom. The van der Waals surface area contributed by atoms with E-state index in [0.717, 1.165) is 18.1 Å². The van der Waals surface area contributed by atoms with E-state index in [9.17, 15) is 13.2 Å². The van der Waals surface area contributed by atoms with Crippen molar-refractivity contribution in [3.05, 3.63) is 18.2 Å². The molecule has 0 aliphatic heterocycles. The summed E-state index contributed by atoms with van der Waals surface area (Å²) in [6, 6.07) is 4.70. The first-order valence-corrected chi connectivity index (χ1v) is 7.98. The Balaban J connectivity index is 1.96. The minimum Gasteiger partial charge on any atom is -0.274 e. The fraction of sp³-hybridized carbons (Fsp3) is 0.364. The second-order valence-corrected chi connectivity index (χ2v) is 6.86. The van der Waals surface area contributed by atoms with Crippen LogP contribution < -0.4 is 4.72 Å². The highest BCUT2D eigenvalue weighted by atomic mass is 32.2. The maximum Gasteiger partial charge on any atom is 0.266 e. The van der Waals surface area contributed by atoms with Gasteiger partial charge in [0.05, 0.1) is 11.7 Å². The highest BCUT2D eigenvalue weighted by Gasteiger charge is 2.41. The van der Waals surface area contributed by atoms with Crippen molar-refractivity contribution in [2.75, 3.05) is 0 Å². The van der Waals surface area contributed by atoms with Crippen molar-refractivity contribution in [1.29, 1.82) is 0 Å². The largest absolute Gasteiger partial charge is 0.274 e. The molecule has 2 atom stereocenters. The van der Waals surface area contributed by atoms with Crippen LogP contribution in [-0.2, 0) is 14.8 Å². The molecule has 1 aromatic carbocycles. The van der Waals surface area contributed by atoms with Crippen LogP contribution in [0.1, 0.15) is 13.3 Å². The molecule has 1 saturated carbocycles. The van der Waals surface area contributed by atoms with Gasteiger partial charge in [0.2, 0.25) is 5.91 Å². The number of fused-ring (bicyclic) bond motifs is 1. The second-order valence-electron chi connectivity index (χ2n) is 4.68. The van der Waals surface area contributed by atoms with Crippen LogP contribution in [-0.4, -0.2) is 23.1 Å². The zero-order valence-corrected chi connectivity index (χ0v) is 11.7. The van der Waals surface area contributed by atoms with Gasteiger partial charge in [-0.1, -0.05) is 13.0 Å². The number of carbonyl (C=O) groups is 1. The minimum absolute atomic E-state index is 0.000373. The fourth-order valence-corrected chi connectivity index (χ4v) is 3.74. The Bertz CT molecular complexity index is 753. The van der Waals surface area contributed by atoms with Gasteiger partial charge in [0.15, 0.2) is 0 Å². The van der Waals surface area contributed by atoms with Crippen molar-refractivity contribution >= 4 is 38.7 Å². The van der Waals surface area contributed by atoms with E-state index in [1.165, 1.54) is 6.07 Å². The maximum absolute atomic E-state index is 12.2. The molecule has 2 aromatic rings. The van der Waals surface area contributed by atoms with Crippen LogP contribution in [0.5, 0.6) is 0 Å². The number of nitrogens with one attached hydrogen (secondary N) is 1. The second kappa shape index (κ2) is 4.24. The summed E-state index contributed by atoms with van der Waals surface area (Å²) in [7, 11) is -3.88. The molecule has 100 valence electrons. The standard InChI is InChI=1S/C11H11N3O3S2/c1-6-5-7(6)11(15)14-19(16,17)9-4-2-3-8-10(9)13-18-12-8/h2-4,6-7H,5H2,1H3,(H,14,15)/t6-,7+/m1/s1. The van der Waals surface area contributed by atoms with Crippen molar-refractivity contribution < 1.29 is 13.2 Å². The zero-order chi connectivity index (χ0) is 13.6. The molecule has 1 aliphatic carbocycles. The topological polar surface area (TPSA) is 89.0 Å². The van der Waals surface area contributed by atoms with Crippen LogP contribution in [0, 0.1) is 11.8 Å². The van der Waals surface area contributed by atoms with Crippen LogP contribution in [0.4, 0.5) is 0 Å². The molecule has 19 heavy (non-hydrogen) atoms. The number of benzene rings is 1. The molecule has 1 aliphatic rings. The van der Waals surface area contributed by atoms with Crippen LogP contribution in [0.25, 0.3) is 11.0 Å². The minimum atomic E-state index is -3.88. The lowest BCUT2D eigenvalue weighted by Crippen LogP contribution is -2.32.